The summed E-state index contributed by atoms with van der Waals surface area (Å²) in [4.78, 5) is 4.95. The van der Waals surface area contributed by atoms with E-state index in [4.69, 9.17) is 4.74 Å². The van der Waals surface area contributed by atoms with Gasteiger partial charge in [-0.3, -0.25) is 4.90 Å². The van der Waals surface area contributed by atoms with Gasteiger partial charge in [0.2, 0.25) is 0 Å². The third-order valence-corrected chi connectivity index (χ3v) is 6.08. The molecule has 3 heterocycles. The largest absolute Gasteiger partial charge is 0.467 e. The lowest BCUT2D eigenvalue weighted by Gasteiger charge is -2.50. The summed E-state index contributed by atoms with van der Waals surface area (Å²) in [6.45, 7) is 4.35. The normalized spacial score (nSPS) is 28.8. The van der Waals surface area contributed by atoms with E-state index in [2.05, 4.69) is 66.9 Å². The molecule has 1 aromatic carbocycles. The lowest BCUT2D eigenvalue weighted by Crippen LogP contribution is -2.60. The minimum atomic E-state index is -0.230. The fraction of sp³-hybridized carbons (Fsp3) is 0.529. The van der Waals surface area contributed by atoms with E-state index in [9.17, 15) is 0 Å². The summed E-state index contributed by atoms with van der Waals surface area (Å²) in [5.74, 6) is 0.989. The van der Waals surface area contributed by atoms with Crippen LogP contribution in [-0.4, -0.2) is 48.8 Å². The summed E-state index contributed by atoms with van der Waals surface area (Å²) < 4.78 is 8.82. The first-order chi connectivity index (χ1) is 10.6. The Morgan fingerprint density at radius 1 is 1.14 bits per heavy atom. The highest BCUT2D eigenvalue weighted by molar-refractivity contribution is 9.11. The van der Waals surface area contributed by atoms with Gasteiger partial charge in [-0.25, -0.2) is 0 Å². The molecule has 4 rings (SSSR count). The molecule has 3 nitrogen and oxygen atoms in total. The molecule has 0 bridgehead atoms. The van der Waals surface area contributed by atoms with Gasteiger partial charge in [0.1, 0.15) is 5.75 Å². The second-order valence-corrected chi connectivity index (χ2v) is 8.31. The predicted octanol–water partition coefficient (Wildman–Crippen LogP) is 4.12. The molecule has 1 aromatic rings. The molecule has 0 saturated carbocycles. The van der Waals surface area contributed by atoms with Gasteiger partial charge >= 0.3 is 0 Å². The molecule has 1 unspecified atom stereocenters. The molecule has 0 aromatic heterocycles. The standard InChI is InChI=1S/C17H20Br2N2O/c1-20-7-4-17(21-5-2-3-6-21)13(11-20)8-12-9-14(18)10-15(19)16(12)22-17/h8-10H,2-7,11H2,1H3. The van der Waals surface area contributed by atoms with Crippen molar-refractivity contribution >= 4 is 37.9 Å². The van der Waals surface area contributed by atoms with E-state index >= 15 is 0 Å². The predicted molar refractivity (Wildman–Crippen MR) is 96.1 cm³/mol. The second kappa shape index (κ2) is 5.62. The Balaban J connectivity index is 1.83. The number of hydrogen-bond acceptors (Lipinski definition) is 3. The first-order valence-electron chi connectivity index (χ1n) is 7.91. The van der Waals surface area contributed by atoms with Gasteiger partial charge in [0, 0.05) is 48.2 Å². The fourth-order valence-corrected chi connectivity index (χ4v) is 5.27. The molecule has 2 fully saturated rings. The summed E-state index contributed by atoms with van der Waals surface area (Å²) in [5.41, 5.74) is 2.34. The van der Waals surface area contributed by atoms with E-state index in [1.165, 1.54) is 24.0 Å². The number of fused-ring (bicyclic) bond motifs is 2. The van der Waals surface area contributed by atoms with Gasteiger partial charge in [0.05, 0.1) is 4.47 Å². The van der Waals surface area contributed by atoms with Crippen LogP contribution in [0.5, 0.6) is 5.75 Å². The van der Waals surface area contributed by atoms with E-state index in [-0.39, 0.29) is 5.72 Å². The molecule has 0 spiro atoms. The van der Waals surface area contributed by atoms with E-state index in [1.807, 2.05) is 0 Å². The lowest BCUT2D eigenvalue weighted by molar-refractivity contribution is -0.0707. The number of rotatable bonds is 1. The van der Waals surface area contributed by atoms with E-state index < -0.39 is 0 Å². The molecule has 2 saturated heterocycles. The average molecular weight is 428 g/mol. The minimum Gasteiger partial charge on any atom is -0.467 e. The van der Waals surface area contributed by atoms with Crippen LogP contribution in [0.25, 0.3) is 6.08 Å². The van der Waals surface area contributed by atoms with Crippen molar-refractivity contribution in [2.75, 3.05) is 33.2 Å². The molecule has 0 aliphatic carbocycles. The highest BCUT2D eigenvalue weighted by Crippen LogP contribution is 2.46. The lowest BCUT2D eigenvalue weighted by atomic mass is 9.88. The number of likely N-dealkylation sites (N-methyl/N-ethyl adjacent to an activating group) is 1. The molecular weight excluding hydrogens is 408 g/mol. The molecule has 3 aliphatic rings. The van der Waals surface area contributed by atoms with E-state index in [0.717, 1.165) is 47.3 Å². The number of halogens is 2. The quantitative estimate of drug-likeness (QED) is 0.670. The van der Waals surface area contributed by atoms with Crippen LogP contribution in [0.15, 0.2) is 26.7 Å². The van der Waals surface area contributed by atoms with Crippen LogP contribution in [0.3, 0.4) is 0 Å². The molecule has 5 heteroatoms. The Kier molecular flexibility index (Phi) is 3.88. The number of nitrogens with zero attached hydrogens (tertiary/aromatic N) is 2. The summed E-state index contributed by atoms with van der Waals surface area (Å²) in [6.07, 6.45) is 5.95. The average Bonchev–Trinajstić information content (AvgIpc) is 3.00. The highest BCUT2D eigenvalue weighted by atomic mass is 79.9. The highest BCUT2D eigenvalue weighted by Gasteiger charge is 2.48. The maximum absolute atomic E-state index is 6.70. The van der Waals surface area contributed by atoms with Gasteiger partial charge in [-0.15, -0.1) is 0 Å². The molecule has 0 N–H and O–H groups in total. The van der Waals surface area contributed by atoms with Crippen molar-refractivity contribution in [1.29, 1.82) is 0 Å². The van der Waals surface area contributed by atoms with Crippen LogP contribution in [0.2, 0.25) is 0 Å². The van der Waals surface area contributed by atoms with Gasteiger partial charge < -0.3 is 9.64 Å². The Labute approximate surface area is 148 Å². The van der Waals surface area contributed by atoms with Crippen molar-refractivity contribution in [2.24, 2.45) is 0 Å². The second-order valence-electron chi connectivity index (χ2n) is 6.54. The smallest absolute Gasteiger partial charge is 0.188 e. The van der Waals surface area contributed by atoms with Crippen LogP contribution in [0.4, 0.5) is 0 Å². The Bertz CT molecular complexity index is 640. The zero-order valence-electron chi connectivity index (χ0n) is 12.7. The number of likely N-dealkylation sites (tertiary alicyclic amines) is 2. The van der Waals surface area contributed by atoms with Crippen LogP contribution in [-0.2, 0) is 0 Å². The minimum absolute atomic E-state index is 0.230. The molecule has 1 atom stereocenters. The van der Waals surface area contributed by atoms with Gasteiger partial charge in [0.15, 0.2) is 5.72 Å². The van der Waals surface area contributed by atoms with Crippen LogP contribution in [0, 0.1) is 0 Å². The van der Waals surface area contributed by atoms with Crippen molar-refractivity contribution < 1.29 is 4.74 Å². The molecular formula is C17H20Br2N2O. The van der Waals surface area contributed by atoms with E-state index in [0.29, 0.717) is 0 Å². The van der Waals surface area contributed by atoms with Gasteiger partial charge in [-0.05, 0) is 54.0 Å². The van der Waals surface area contributed by atoms with Crippen molar-refractivity contribution in [3.8, 4) is 5.75 Å². The van der Waals surface area contributed by atoms with E-state index in [1.54, 1.807) is 0 Å². The zero-order valence-corrected chi connectivity index (χ0v) is 15.9. The van der Waals surface area contributed by atoms with Crippen LogP contribution in [0.1, 0.15) is 24.8 Å². The molecule has 3 aliphatic heterocycles. The summed E-state index contributed by atoms with van der Waals surface area (Å²) in [5, 5.41) is 0. The molecule has 0 amide bonds. The Morgan fingerprint density at radius 3 is 2.68 bits per heavy atom. The monoisotopic (exact) mass is 426 g/mol. The van der Waals surface area contributed by atoms with Crippen LogP contribution < -0.4 is 4.74 Å². The Morgan fingerprint density at radius 2 is 1.91 bits per heavy atom. The molecule has 0 radical (unpaired) electrons. The topological polar surface area (TPSA) is 15.7 Å². The van der Waals surface area contributed by atoms with Gasteiger partial charge in [-0.1, -0.05) is 15.9 Å². The maximum atomic E-state index is 6.70. The van der Waals surface area contributed by atoms with Gasteiger partial charge in [0.25, 0.3) is 0 Å². The zero-order chi connectivity index (χ0) is 15.3. The van der Waals surface area contributed by atoms with Crippen LogP contribution >= 0.6 is 31.9 Å². The fourth-order valence-electron chi connectivity index (χ4n) is 3.93. The van der Waals surface area contributed by atoms with Gasteiger partial charge in [-0.2, -0.15) is 0 Å². The Hall–Kier alpha value is -0.360. The molecule has 118 valence electrons. The van der Waals surface area contributed by atoms with Crippen molar-refractivity contribution in [1.82, 2.24) is 9.80 Å². The van der Waals surface area contributed by atoms with Crippen molar-refractivity contribution in [3.05, 3.63) is 32.2 Å². The molecule has 22 heavy (non-hydrogen) atoms. The SMILES string of the molecule is CN1CCC2(N3CCCC3)Oc3c(Br)cc(Br)cc3C=C2C1. The maximum Gasteiger partial charge on any atom is 0.188 e. The number of piperidine rings is 1. The summed E-state index contributed by atoms with van der Waals surface area (Å²) in [7, 11) is 2.20. The number of ether oxygens (including phenoxy) is 1. The first-order valence-corrected chi connectivity index (χ1v) is 9.50. The van der Waals surface area contributed by atoms with Crippen molar-refractivity contribution in [3.63, 3.8) is 0 Å². The summed E-state index contributed by atoms with van der Waals surface area (Å²) >= 11 is 7.27. The van der Waals surface area contributed by atoms with Crippen molar-refractivity contribution in [2.45, 2.75) is 25.0 Å². The first kappa shape index (κ1) is 15.2. The number of benzene rings is 1. The third kappa shape index (κ3) is 2.37. The summed E-state index contributed by atoms with van der Waals surface area (Å²) in [6, 6.07) is 4.22. The number of hydrogen-bond donors (Lipinski definition) is 0. The third-order valence-electron chi connectivity index (χ3n) is 5.03.